The fraction of sp³-hybridized carbons (Fsp3) is 0.350. The Balaban J connectivity index is 1.27. The van der Waals surface area contributed by atoms with Gasteiger partial charge in [0.15, 0.2) is 16.6 Å². The van der Waals surface area contributed by atoms with Crippen LogP contribution in [-0.2, 0) is 9.53 Å². The summed E-state index contributed by atoms with van der Waals surface area (Å²) in [5.74, 6) is -0.419. The van der Waals surface area contributed by atoms with Crippen LogP contribution in [0.1, 0.15) is 18.6 Å². The quantitative estimate of drug-likeness (QED) is 0.612. The molecule has 0 bridgehead atoms. The van der Waals surface area contributed by atoms with Crippen LogP contribution < -0.4 is 20.3 Å². The summed E-state index contributed by atoms with van der Waals surface area (Å²) in [7, 11) is 0. The first-order chi connectivity index (χ1) is 15.3. The van der Waals surface area contributed by atoms with Gasteiger partial charge in [0.25, 0.3) is 0 Å². The first-order valence-corrected chi connectivity index (χ1v) is 10.6. The van der Waals surface area contributed by atoms with E-state index in [1.165, 1.54) is 18.2 Å². The zero-order chi connectivity index (χ0) is 22.5. The molecule has 3 aromatic rings. The Labute approximate surface area is 183 Å². The lowest BCUT2D eigenvalue weighted by molar-refractivity contribution is -0.286. The molecule has 0 unspecified atom stereocenters. The predicted octanol–water partition coefficient (Wildman–Crippen LogP) is 2.71. The zero-order valence-electron chi connectivity index (χ0n) is 16.8. The molecule has 0 spiro atoms. The largest absolute Gasteiger partial charge is 0.586 e. The number of H-pyrrole nitrogens is 1. The molecule has 0 radical (unpaired) electrons. The number of morpholine rings is 1. The van der Waals surface area contributed by atoms with E-state index in [4.69, 9.17) is 4.74 Å². The molecule has 1 aromatic carbocycles. The van der Waals surface area contributed by atoms with Crippen LogP contribution in [-0.4, -0.2) is 52.8 Å². The molecule has 1 fully saturated rings. The molecule has 4 heterocycles. The number of aromatic nitrogens is 2. The number of benzene rings is 1. The Hall–Kier alpha value is -3.09. The molecular formula is C20H18F2N4O5S. The number of rotatable bonds is 4. The molecule has 2 N–H and O–H groups in total. The molecule has 2 aliphatic rings. The minimum absolute atomic E-state index is 0.0704. The lowest BCUT2D eigenvalue weighted by Gasteiger charge is -2.36. The number of nitrogens with zero attached hydrogens (tertiary/aromatic N) is 2. The molecule has 9 nitrogen and oxygen atoms in total. The first-order valence-electron chi connectivity index (χ1n) is 9.83. The van der Waals surface area contributed by atoms with Crippen molar-refractivity contribution < 1.29 is 27.8 Å². The van der Waals surface area contributed by atoms with E-state index in [9.17, 15) is 18.4 Å². The van der Waals surface area contributed by atoms with Crippen molar-refractivity contribution in [3.63, 3.8) is 0 Å². The van der Waals surface area contributed by atoms with Crippen LogP contribution in [0.15, 0.2) is 35.3 Å². The average Bonchev–Trinajstić information content (AvgIpc) is 3.28. The fourth-order valence-corrected chi connectivity index (χ4v) is 4.53. The topological polar surface area (TPSA) is 106 Å². The number of ether oxygens (including phenoxy) is 3. The van der Waals surface area contributed by atoms with Gasteiger partial charge in [0, 0.05) is 37.5 Å². The van der Waals surface area contributed by atoms with Crippen molar-refractivity contribution >= 4 is 32.6 Å². The van der Waals surface area contributed by atoms with Gasteiger partial charge in [0.05, 0.1) is 29.0 Å². The molecule has 2 aliphatic heterocycles. The van der Waals surface area contributed by atoms with Crippen LogP contribution in [0.5, 0.6) is 11.5 Å². The molecule has 168 valence electrons. The van der Waals surface area contributed by atoms with Gasteiger partial charge in [-0.15, -0.1) is 8.78 Å². The summed E-state index contributed by atoms with van der Waals surface area (Å²) < 4.78 is 41.7. The van der Waals surface area contributed by atoms with Crippen LogP contribution in [0.4, 0.5) is 13.9 Å². The average molecular weight is 464 g/mol. The van der Waals surface area contributed by atoms with Gasteiger partial charge in [-0.3, -0.25) is 14.5 Å². The summed E-state index contributed by atoms with van der Waals surface area (Å²) in [6.07, 6.45) is -2.34. The number of fused-ring (bicyclic) bond motifs is 2. The monoisotopic (exact) mass is 464 g/mol. The van der Waals surface area contributed by atoms with E-state index in [0.717, 1.165) is 16.9 Å². The van der Waals surface area contributed by atoms with Crippen molar-refractivity contribution in [2.75, 3.05) is 25.0 Å². The molecule has 2 atom stereocenters. The number of aromatic amines is 1. The highest BCUT2D eigenvalue weighted by Crippen LogP contribution is 2.44. The summed E-state index contributed by atoms with van der Waals surface area (Å²) >= 11 is 1.15. The van der Waals surface area contributed by atoms with Crippen LogP contribution in [0.2, 0.25) is 0 Å². The van der Waals surface area contributed by atoms with Crippen molar-refractivity contribution in [1.29, 1.82) is 0 Å². The Morgan fingerprint density at radius 1 is 1.34 bits per heavy atom. The summed E-state index contributed by atoms with van der Waals surface area (Å²) in [6.45, 7) is 3.29. The number of halogens is 2. The minimum Gasteiger partial charge on any atom is -0.395 e. The standard InChI is InChI=1S/C20H18F2N4O5S/c1-10(26-4-5-29-15(9-26)11-2-3-17(27)23-8-11)18(28)25-19-24-12-6-13-14(7-16(12)32-19)31-20(21,22)30-13/h2-3,6-8,10,15H,4-5,9H2,1H3,(H,23,27)(H,24,25,28)/t10-,15-/m0/s1. The van der Waals surface area contributed by atoms with Gasteiger partial charge in [0.2, 0.25) is 11.5 Å². The number of hydrogen-bond donors (Lipinski definition) is 2. The molecule has 5 rings (SSSR count). The molecule has 2 aromatic heterocycles. The second kappa shape index (κ2) is 7.80. The van der Waals surface area contributed by atoms with Gasteiger partial charge in [-0.25, -0.2) is 4.98 Å². The SMILES string of the molecule is C[C@@H](C(=O)Nc1nc2cc3c(cc2s1)OC(F)(F)O3)N1CCO[C@H](c2ccc(=O)[nH]c2)C1. The highest BCUT2D eigenvalue weighted by Gasteiger charge is 2.43. The fourth-order valence-electron chi connectivity index (χ4n) is 3.65. The van der Waals surface area contributed by atoms with Gasteiger partial charge in [0.1, 0.15) is 0 Å². The first kappa shape index (κ1) is 20.8. The van der Waals surface area contributed by atoms with Crippen molar-refractivity contribution in [2.24, 2.45) is 0 Å². The Morgan fingerprint density at radius 3 is 2.88 bits per heavy atom. The van der Waals surface area contributed by atoms with Gasteiger partial charge in [-0.2, -0.15) is 0 Å². The van der Waals surface area contributed by atoms with Gasteiger partial charge < -0.3 is 24.5 Å². The number of amides is 1. The maximum Gasteiger partial charge on any atom is 0.586 e. The van der Waals surface area contributed by atoms with Crippen LogP contribution >= 0.6 is 11.3 Å². The second-order valence-electron chi connectivity index (χ2n) is 7.46. The smallest absolute Gasteiger partial charge is 0.395 e. The van der Waals surface area contributed by atoms with Crippen molar-refractivity contribution in [3.05, 3.63) is 46.4 Å². The van der Waals surface area contributed by atoms with Crippen LogP contribution in [0, 0.1) is 0 Å². The number of carbonyl (C=O) groups excluding carboxylic acids is 1. The predicted molar refractivity (Wildman–Crippen MR) is 111 cm³/mol. The molecular weight excluding hydrogens is 446 g/mol. The summed E-state index contributed by atoms with van der Waals surface area (Å²) in [6, 6.07) is 5.45. The number of anilines is 1. The van der Waals surface area contributed by atoms with Gasteiger partial charge in [-0.05, 0) is 18.6 Å². The Kier molecular flexibility index (Phi) is 5.07. The van der Waals surface area contributed by atoms with Crippen molar-refractivity contribution in [2.45, 2.75) is 25.4 Å². The third-order valence-corrected chi connectivity index (χ3v) is 6.28. The maximum absolute atomic E-state index is 13.2. The molecule has 12 heteroatoms. The van der Waals surface area contributed by atoms with E-state index >= 15 is 0 Å². The van der Waals surface area contributed by atoms with E-state index in [-0.39, 0.29) is 29.1 Å². The molecule has 32 heavy (non-hydrogen) atoms. The normalized spacial score (nSPS) is 20.9. The molecule has 1 saturated heterocycles. The number of carbonyl (C=O) groups is 1. The zero-order valence-corrected chi connectivity index (χ0v) is 17.6. The Bertz CT molecular complexity index is 1180. The number of alkyl halides is 2. The van der Waals surface area contributed by atoms with Crippen LogP contribution in [0.3, 0.4) is 0 Å². The van der Waals surface area contributed by atoms with E-state index in [0.29, 0.717) is 35.0 Å². The lowest BCUT2D eigenvalue weighted by Crippen LogP contribution is -2.48. The highest BCUT2D eigenvalue weighted by molar-refractivity contribution is 7.22. The molecule has 0 saturated carbocycles. The van der Waals surface area contributed by atoms with Crippen LogP contribution in [0.25, 0.3) is 10.2 Å². The van der Waals surface area contributed by atoms with E-state index in [1.807, 2.05) is 4.90 Å². The number of thiazole rings is 1. The summed E-state index contributed by atoms with van der Waals surface area (Å²) in [5, 5.41) is 3.14. The van der Waals surface area contributed by atoms with E-state index in [1.54, 1.807) is 19.2 Å². The maximum atomic E-state index is 13.2. The third kappa shape index (κ3) is 4.04. The summed E-state index contributed by atoms with van der Waals surface area (Å²) in [5.41, 5.74) is 1.06. The van der Waals surface area contributed by atoms with Gasteiger partial charge >= 0.3 is 6.29 Å². The van der Waals surface area contributed by atoms with Crippen molar-refractivity contribution in [3.8, 4) is 11.5 Å². The molecule has 1 amide bonds. The van der Waals surface area contributed by atoms with E-state index in [2.05, 4.69) is 24.8 Å². The van der Waals surface area contributed by atoms with Crippen molar-refractivity contribution in [1.82, 2.24) is 14.9 Å². The lowest BCUT2D eigenvalue weighted by atomic mass is 10.1. The van der Waals surface area contributed by atoms with E-state index < -0.39 is 12.3 Å². The van der Waals surface area contributed by atoms with Gasteiger partial charge in [-0.1, -0.05) is 11.3 Å². The number of pyridine rings is 1. The number of nitrogens with one attached hydrogen (secondary N) is 2. The Morgan fingerprint density at radius 2 is 2.12 bits per heavy atom. The highest BCUT2D eigenvalue weighted by atomic mass is 32.1. The second-order valence-corrected chi connectivity index (χ2v) is 8.49. The number of hydrogen-bond acceptors (Lipinski definition) is 8. The summed E-state index contributed by atoms with van der Waals surface area (Å²) in [4.78, 5) is 33.0. The minimum atomic E-state index is -3.69. The molecule has 0 aliphatic carbocycles. The third-order valence-electron chi connectivity index (χ3n) is 5.35.